The molecule has 0 bridgehead atoms. The number of thioether (sulfide) groups is 1. The van der Waals surface area contributed by atoms with E-state index in [1.165, 1.54) is 18.2 Å². The summed E-state index contributed by atoms with van der Waals surface area (Å²) in [5.74, 6) is -1.26. The van der Waals surface area contributed by atoms with E-state index in [9.17, 15) is 19.2 Å². The maximum Gasteiger partial charge on any atom is 0.413 e. The van der Waals surface area contributed by atoms with Gasteiger partial charge in [-0.2, -0.15) is 0 Å². The highest BCUT2D eigenvalue weighted by Crippen LogP contribution is 2.26. The summed E-state index contributed by atoms with van der Waals surface area (Å²) in [4.78, 5) is 50.2. The first-order valence-corrected chi connectivity index (χ1v) is 11.0. The Balaban J connectivity index is 1.88. The van der Waals surface area contributed by atoms with Crippen LogP contribution in [0.2, 0.25) is 0 Å². The van der Waals surface area contributed by atoms with Crippen LogP contribution in [-0.4, -0.2) is 60.8 Å². The molecule has 30 heavy (non-hydrogen) atoms. The Labute approximate surface area is 180 Å². The molecule has 0 saturated heterocycles. The Morgan fingerprint density at radius 2 is 1.80 bits per heavy atom. The molecule has 0 aliphatic heterocycles. The zero-order valence-corrected chi connectivity index (χ0v) is 18.2. The van der Waals surface area contributed by atoms with Gasteiger partial charge in [0.15, 0.2) is 6.61 Å². The van der Waals surface area contributed by atoms with Gasteiger partial charge in [-0.05, 0) is 31.9 Å². The molecule has 0 heterocycles. The highest BCUT2D eigenvalue weighted by atomic mass is 32.2. The number of nitrogens with zero attached hydrogens (tertiary/aromatic N) is 1. The molecule has 164 valence electrons. The van der Waals surface area contributed by atoms with E-state index in [1.807, 2.05) is 17.3 Å². The number of amides is 3. The van der Waals surface area contributed by atoms with Gasteiger partial charge in [0.25, 0.3) is 5.91 Å². The Morgan fingerprint density at radius 1 is 1.10 bits per heavy atom. The average Bonchev–Trinajstić information content (AvgIpc) is 2.76. The summed E-state index contributed by atoms with van der Waals surface area (Å²) in [7, 11) is 1.83. The minimum absolute atomic E-state index is 0.0175. The molecule has 0 spiro atoms. The lowest BCUT2D eigenvalue weighted by atomic mass is 9.94. The maximum absolute atomic E-state index is 12.6. The van der Waals surface area contributed by atoms with Gasteiger partial charge in [-0.1, -0.05) is 31.4 Å². The van der Waals surface area contributed by atoms with Crippen molar-refractivity contribution in [3.8, 4) is 0 Å². The zero-order valence-electron chi connectivity index (χ0n) is 17.3. The van der Waals surface area contributed by atoms with Gasteiger partial charge in [0.1, 0.15) is 0 Å². The van der Waals surface area contributed by atoms with Crippen LogP contribution in [0, 0.1) is 0 Å². The van der Waals surface area contributed by atoms with Gasteiger partial charge in [0.2, 0.25) is 5.91 Å². The van der Waals surface area contributed by atoms with Crippen LogP contribution >= 0.6 is 11.8 Å². The van der Waals surface area contributed by atoms with Crippen LogP contribution in [0.5, 0.6) is 0 Å². The molecule has 1 aliphatic rings. The fraction of sp³-hybridized carbons (Fsp3) is 0.524. The molecule has 1 aromatic carbocycles. The van der Waals surface area contributed by atoms with E-state index in [1.54, 1.807) is 31.2 Å². The van der Waals surface area contributed by atoms with Gasteiger partial charge in [0.05, 0.1) is 17.9 Å². The molecular weight excluding hydrogens is 408 g/mol. The van der Waals surface area contributed by atoms with Crippen molar-refractivity contribution >= 4 is 35.6 Å². The van der Waals surface area contributed by atoms with E-state index in [2.05, 4.69) is 4.74 Å². The second-order valence-electron chi connectivity index (χ2n) is 6.93. The van der Waals surface area contributed by atoms with Crippen LogP contribution in [0.15, 0.2) is 29.2 Å². The quantitative estimate of drug-likeness (QED) is 0.494. The van der Waals surface area contributed by atoms with Crippen LogP contribution in [0.1, 0.15) is 49.4 Å². The number of carbonyl (C=O) groups is 4. The van der Waals surface area contributed by atoms with Crippen molar-refractivity contribution < 1.29 is 28.7 Å². The summed E-state index contributed by atoms with van der Waals surface area (Å²) in [5.41, 5.74) is 0.263. The highest BCUT2D eigenvalue weighted by molar-refractivity contribution is 8.00. The van der Waals surface area contributed by atoms with Crippen molar-refractivity contribution in [2.45, 2.75) is 50.0 Å². The fourth-order valence-electron chi connectivity index (χ4n) is 3.20. The normalized spacial score (nSPS) is 13.9. The Hall–Kier alpha value is -2.55. The van der Waals surface area contributed by atoms with Crippen molar-refractivity contribution in [1.29, 1.82) is 0 Å². The fourth-order valence-corrected chi connectivity index (χ4v) is 4.16. The highest BCUT2D eigenvalue weighted by Gasteiger charge is 2.23. The van der Waals surface area contributed by atoms with Gasteiger partial charge >= 0.3 is 12.1 Å². The summed E-state index contributed by atoms with van der Waals surface area (Å²) < 4.78 is 9.58. The number of ether oxygens (including phenoxy) is 2. The van der Waals surface area contributed by atoms with Crippen LogP contribution in [-0.2, 0) is 19.1 Å². The van der Waals surface area contributed by atoms with E-state index in [-0.39, 0.29) is 29.9 Å². The predicted molar refractivity (Wildman–Crippen MR) is 112 cm³/mol. The predicted octanol–water partition coefficient (Wildman–Crippen LogP) is 3.00. The van der Waals surface area contributed by atoms with Crippen molar-refractivity contribution in [1.82, 2.24) is 10.2 Å². The smallest absolute Gasteiger partial charge is 0.413 e. The summed E-state index contributed by atoms with van der Waals surface area (Å²) in [6.07, 6.45) is 4.69. The molecular formula is C21H28N2O6S. The molecule has 8 nitrogen and oxygen atoms in total. The monoisotopic (exact) mass is 436 g/mol. The summed E-state index contributed by atoms with van der Waals surface area (Å²) >= 11 is 1.26. The van der Waals surface area contributed by atoms with Gasteiger partial charge in [-0.3, -0.25) is 14.9 Å². The first-order chi connectivity index (χ1) is 14.4. The molecule has 1 N–H and O–H groups in total. The Kier molecular flexibility index (Phi) is 9.66. The molecule has 0 unspecified atom stereocenters. The molecule has 9 heteroatoms. The van der Waals surface area contributed by atoms with Crippen LogP contribution < -0.4 is 5.32 Å². The molecule has 0 aromatic heterocycles. The van der Waals surface area contributed by atoms with Crippen LogP contribution in [0.4, 0.5) is 4.79 Å². The largest absolute Gasteiger partial charge is 0.452 e. The molecule has 1 aliphatic carbocycles. The third-order valence-electron chi connectivity index (χ3n) is 4.83. The molecule has 1 fully saturated rings. The lowest BCUT2D eigenvalue weighted by Crippen LogP contribution is -2.39. The standard InChI is InChI=1S/C21H28N2O6S/c1-3-28-21(27)22-18(24)13-29-20(26)16-11-7-8-12-17(16)30-14-19(25)23(2)15-9-5-4-6-10-15/h7-8,11-12,15H,3-6,9-10,13-14H2,1-2H3,(H,22,24,27). The molecule has 0 atom stereocenters. The number of hydrogen-bond acceptors (Lipinski definition) is 7. The minimum Gasteiger partial charge on any atom is -0.452 e. The van der Waals surface area contributed by atoms with Gasteiger partial charge < -0.3 is 14.4 Å². The van der Waals surface area contributed by atoms with Gasteiger partial charge in [-0.15, -0.1) is 11.8 Å². The van der Waals surface area contributed by atoms with Crippen molar-refractivity contribution in [2.75, 3.05) is 26.0 Å². The minimum atomic E-state index is -0.893. The number of alkyl carbamates (subject to hydrolysis) is 1. The zero-order chi connectivity index (χ0) is 21.9. The number of benzene rings is 1. The SMILES string of the molecule is CCOC(=O)NC(=O)COC(=O)c1ccccc1SCC(=O)N(C)C1CCCCC1. The summed E-state index contributed by atoms with van der Waals surface area (Å²) in [5, 5.41) is 1.95. The number of nitrogens with one attached hydrogen (secondary N) is 1. The van der Waals surface area contributed by atoms with Gasteiger partial charge in [-0.25, -0.2) is 9.59 Å². The van der Waals surface area contributed by atoms with Crippen molar-refractivity contribution in [3.63, 3.8) is 0 Å². The second kappa shape index (κ2) is 12.2. The first-order valence-electron chi connectivity index (χ1n) is 10.0. The van der Waals surface area contributed by atoms with Crippen molar-refractivity contribution in [2.24, 2.45) is 0 Å². The number of imide groups is 1. The van der Waals surface area contributed by atoms with E-state index in [4.69, 9.17) is 4.74 Å². The van der Waals surface area contributed by atoms with E-state index in [0.717, 1.165) is 25.7 Å². The molecule has 0 radical (unpaired) electrons. The lowest BCUT2D eigenvalue weighted by Gasteiger charge is -2.31. The van der Waals surface area contributed by atoms with E-state index in [0.29, 0.717) is 4.90 Å². The number of hydrogen-bond donors (Lipinski definition) is 1. The van der Waals surface area contributed by atoms with Crippen LogP contribution in [0.3, 0.4) is 0 Å². The molecule has 2 rings (SSSR count). The number of esters is 1. The van der Waals surface area contributed by atoms with E-state index < -0.39 is 24.6 Å². The Morgan fingerprint density at radius 3 is 2.50 bits per heavy atom. The molecule has 1 saturated carbocycles. The third kappa shape index (κ3) is 7.37. The first kappa shape index (κ1) is 23.7. The van der Waals surface area contributed by atoms with E-state index >= 15 is 0 Å². The number of carbonyl (C=O) groups excluding carboxylic acids is 4. The van der Waals surface area contributed by atoms with Gasteiger partial charge in [0, 0.05) is 18.0 Å². The molecule has 1 aromatic rings. The average molecular weight is 437 g/mol. The maximum atomic E-state index is 12.6. The second-order valence-corrected chi connectivity index (χ2v) is 7.94. The van der Waals surface area contributed by atoms with Crippen molar-refractivity contribution in [3.05, 3.63) is 29.8 Å². The number of rotatable bonds is 8. The molecule has 3 amide bonds. The summed E-state index contributed by atoms with van der Waals surface area (Å²) in [6.45, 7) is 1.12. The lowest BCUT2D eigenvalue weighted by molar-refractivity contribution is -0.129. The topological polar surface area (TPSA) is 102 Å². The third-order valence-corrected chi connectivity index (χ3v) is 5.88. The summed E-state index contributed by atoms with van der Waals surface area (Å²) in [6, 6.07) is 7.03. The van der Waals surface area contributed by atoms with Crippen LogP contribution in [0.25, 0.3) is 0 Å². The Bertz CT molecular complexity index is 764.